The second-order valence-electron chi connectivity index (χ2n) is 4.37. The van der Waals surface area contributed by atoms with Crippen LogP contribution in [0.1, 0.15) is 11.3 Å². The van der Waals surface area contributed by atoms with Gasteiger partial charge in [0.25, 0.3) is 0 Å². The van der Waals surface area contributed by atoms with Crippen molar-refractivity contribution in [3.63, 3.8) is 0 Å². The van der Waals surface area contributed by atoms with E-state index in [0.29, 0.717) is 0 Å². The minimum absolute atomic E-state index is 0.820. The first-order valence-corrected chi connectivity index (χ1v) is 6.15. The number of rotatable bonds is 7. The van der Waals surface area contributed by atoms with Crippen molar-refractivity contribution < 1.29 is 4.42 Å². The van der Waals surface area contributed by atoms with Crippen LogP contribution in [0.2, 0.25) is 0 Å². The van der Waals surface area contributed by atoms with Crippen LogP contribution in [-0.2, 0) is 13.1 Å². The molecule has 4 nitrogen and oxygen atoms in total. The van der Waals surface area contributed by atoms with Gasteiger partial charge in [0.15, 0.2) is 0 Å². The molecular formula is C14H19N3O. The fourth-order valence-corrected chi connectivity index (χ4v) is 1.76. The predicted octanol–water partition coefficient (Wildman–Crippen LogP) is 1.90. The summed E-state index contributed by atoms with van der Waals surface area (Å²) in [5, 5.41) is 3.38. The van der Waals surface area contributed by atoms with Gasteiger partial charge < -0.3 is 14.6 Å². The van der Waals surface area contributed by atoms with E-state index in [2.05, 4.69) is 22.2 Å². The van der Waals surface area contributed by atoms with E-state index >= 15 is 0 Å². The predicted molar refractivity (Wildman–Crippen MR) is 71.0 cm³/mol. The van der Waals surface area contributed by atoms with Crippen molar-refractivity contribution in [2.24, 2.45) is 0 Å². The smallest absolute Gasteiger partial charge is 0.0947 e. The van der Waals surface area contributed by atoms with Crippen LogP contribution in [-0.4, -0.2) is 30.0 Å². The first-order chi connectivity index (χ1) is 8.84. The fraction of sp³-hybridized carbons (Fsp3) is 0.357. The second kappa shape index (κ2) is 6.93. The molecule has 0 spiro atoms. The van der Waals surface area contributed by atoms with E-state index in [0.717, 1.165) is 31.9 Å². The zero-order valence-electron chi connectivity index (χ0n) is 10.7. The molecule has 1 N–H and O–H groups in total. The largest absolute Gasteiger partial charge is 0.472 e. The summed E-state index contributed by atoms with van der Waals surface area (Å²) in [4.78, 5) is 6.53. The van der Waals surface area contributed by atoms with E-state index in [9.17, 15) is 0 Å². The average molecular weight is 245 g/mol. The molecule has 0 radical (unpaired) electrons. The van der Waals surface area contributed by atoms with Gasteiger partial charge in [-0.3, -0.25) is 4.98 Å². The maximum atomic E-state index is 5.05. The highest BCUT2D eigenvalue weighted by atomic mass is 16.3. The Kier molecular flexibility index (Phi) is 4.93. The van der Waals surface area contributed by atoms with Gasteiger partial charge in [0.1, 0.15) is 0 Å². The molecule has 96 valence electrons. The number of hydrogen-bond donors (Lipinski definition) is 1. The molecule has 4 heteroatoms. The van der Waals surface area contributed by atoms with Gasteiger partial charge in [-0.15, -0.1) is 0 Å². The zero-order valence-corrected chi connectivity index (χ0v) is 10.7. The molecule has 0 amide bonds. The normalized spacial score (nSPS) is 11.0. The van der Waals surface area contributed by atoms with Crippen molar-refractivity contribution in [2.75, 3.05) is 20.1 Å². The van der Waals surface area contributed by atoms with E-state index in [-0.39, 0.29) is 0 Å². The van der Waals surface area contributed by atoms with Crippen LogP contribution in [0.4, 0.5) is 0 Å². The van der Waals surface area contributed by atoms with E-state index in [1.807, 2.05) is 30.5 Å². The Bertz CT molecular complexity index is 428. The minimum atomic E-state index is 0.820. The van der Waals surface area contributed by atoms with E-state index in [4.69, 9.17) is 4.42 Å². The summed E-state index contributed by atoms with van der Waals surface area (Å²) in [6, 6.07) is 7.97. The number of pyridine rings is 1. The maximum absolute atomic E-state index is 5.05. The third kappa shape index (κ3) is 4.31. The highest BCUT2D eigenvalue weighted by molar-refractivity contribution is 5.04. The lowest BCUT2D eigenvalue weighted by atomic mass is 10.3. The number of furan rings is 1. The van der Waals surface area contributed by atoms with Gasteiger partial charge in [-0.25, -0.2) is 0 Å². The molecule has 0 saturated carbocycles. The summed E-state index contributed by atoms with van der Waals surface area (Å²) >= 11 is 0. The standard InChI is InChI=1S/C14H19N3O/c1-17(11-13-5-9-18-12-13)8-7-15-10-14-4-2-3-6-16-14/h2-6,9,12,15H,7-8,10-11H2,1H3. The molecule has 0 saturated heterocycles. The summed E-state index contributed by atoms with van der Waals surface area (Å²) in [7, 11) is 2.11. The van der Waals surface area contributed by atoms with Crippen molar-refractivity contribution in [3.05, 3.63) is 54.2 Å². The molecule has 0 aliphatic heterocycles. The zero-order chi connectivity index (χ0) is 12.6. The fourth-order valence-electron chi connectivity index (χ4n) is 1.76. The quantitative estimate of drug-likeness (QED) is 0.756. The number of likely N-dealkylation sites (N-methyl/N-ethyl adjacent to an activating group) is 1. The number of hydrogen-bond acceptors (Lipinski definition) is 4. The molecule has 0 aromatic carbocycles. The monoisotopic (exact) mass is 245 g/mol. The summed E-state index contributed by atoms with van der Waals surface area (Å²) in [6.45, 7) is 3.69. The van der Waals surface area contributed by atoms with Crippen molar-refractivity contribution in [2.45, 2.75) is 13.1 Å². The maximum Gasteiger partial charge on any atom is 0.0947 e. The molecule has 2 aromatic heterocycles. The van der Waals surface area contributed by atoms with Crippen molar-refractivity contribution >= 4 is 0 Å². The molecule has 2 heterocycles. The lowest BCUT2D eigenvalue weighted by molar-refractivity contribution is 0.322. The summed E-state index contributed by atoms with van der Waals surface area (Å²) in [6.07, 6.45) is 5.32. The SMILES string of the molecule is CN(CCNCc1ccccn1)Cc1ccoc1. The number of nitrogens with zero attached hydrogens (tertiary/aromatic N) is 2. The Balaban J connectivity index is 1.60. The molecule has 18 heavy (non-hydrogen) atoms. The molecular weight excluding hydrogens is 226 g/mol. The average Bonchev–Trinajstić information content (AvgIpc) is 2.89. The first kappa shape index (κ1) is 12.8. The van der Waals surface area contributed by atoms with Crippen LogP contribution < -0.4 is 5.32 Å². The van der Waals surface area contributed by atoms with Crippen molar-refractivity contribution in [1.82, 2.24) is 15.2 Å². The molecule has 0 aliphatic rings. The molecule has 0 unspecified atom stereocenters. The van der Waals surface area contributed by atoms with Crippen LogP contribution in [0.5, 0.6) is 0 Å². The van der Waals surface area contributed by atoms with Gasteiger partial charge in [-0.05, 0) is 25.2 Å². The Morgan fingerprint density at radius 3 is 3.00 bits per heavy atom. The lowest BCUT2D eigenvalue weighted by Crippen LogP contribution is -2.28. The number of aromatic nitrogens is 1. The Hall–Kier alpha value is -1.65. The number of nitrogens with one attached hydrogen (secondary N) is 1. The van der Waals surface area contributed by atoms with E-state index in [1.54, 1.807) is 12.5 Å². The lowest BCUT2D eigenvalue weighted by Gasteiger charge is -2.15. The highest BCUT2D eigenvalue weighted by Crippen LogP contribution is 2.02. The topological polar surface area (TPSA) is 41.3 Å². The van der Waals surface area contributed by atoms with Crippen LogP contribution in [0.25, 0.3) is 0 Å². The van der Waals surface area contributed by atoms with Gasteiger partial charge in [-0.2, -0.15) is 0 Å². The van der Waals surface area contributed by atoms with Crippen LogP contribution in [0.15, 0.2) is 47.4 Å². The first-order valence-electron chi connectivity index (χ1n) is 6.15. The van der Waals surface area contributed by atoms with Gasteiger partial charge >= 0.3 is 0 Å². The molecule has 0 atom stereocenters. The van der Waals surface area contributed by atoms with Crippen LogP contribution in [0, 0.1) is 0 Å². The summed E-state index contributed by atoms with van der Waals surface area (Å²) in [5.74, 6) is 0. The molecule has 2 aromatic rings. The van der Waals surface area contributed by atoms with Gasteiger partial charge in [-0.1, -0.05) is 6.07 Å². The summed E-state index contributed by atoms with van der Waals surface area (Å²) in [5.41, 5.74) is 2.29. The van der Waals surface area contributed by atoms with Crippen molar-refractivity contribution in [1.29, 1.82) is 0 Å². The third-order valence-electron chi connectivity index (χ3n) is 2.74. The van der Waals surface area contributed by atoms with Gasteiger partial charge in [0, 0.05) is 37.9 Å². The second-order valence-corrected chi connectivity index (χ2v) is 4.37. The molecule has 0 fully saturated rings. The summed E-state index contributed by atoms with van der Waals surface area (Å²) < 4.78 is 5.05. The Morgan fingerprint density at radius 1 is 1.33 bits per heavy atom. The molecule has 2 rings (SSSR count). The third-order valence-corrected chi connectivity index (χ3v) is 2.74. The highest BCUT2D eigenvalue weighted by Gasteiger charge is 2.01. The van der Waals surface area contributed by atoms with E-state index in [1.165, 1.54) is 5.56 Å². The van der Waals surface area contributed by atoms with Crippen LogP contribution >= 0.6 is 0 Å². The Labute approximate surface area is 108 Å². The Morgan fingerprint density at radius 2 is 2.28 bits per heavy atom. The van der Waals surface area contributed by atoms with Gasteiger partial charge in [0.2, 0.25) is 0 Å². The van der Waals surface area contributed by atoms with Crippen molar-refractivity contribution in [3.8, 4) is 0 Å². The molecule has 0 aliphatic carbocycles. The van der Waals surface area contributed by atoms with Crippen LogP contribution in [0.3, 0.4) is 0 Å². The van der Waals surface area contributed by atoms with Gasteiger partial charge in [0.05, 0.1) is 18.2 Å². The minimum Gasteiger partial charge on any atom is -0.472 e. The van der Waals surface area contributed by atoms with E-state index < -0.39 is 0 Å². The molecule has 0 bridgehead atoms.